The maximum absolute atomic E-state index is 12.4. The number of benzene rings is 2. The van der Waals surface area contributed by atoms with Gasteiger partial charge in [-0.3, -0.25) is 9.59 Å². The number of amides is 1. The third kappa shape index (κ3) is 5.80. The third-order valence-electron chi connectivity index (χ3n) is 4.78. The van der Waals surface area contributed by atoms with E-state index < -0.39 is 12.1 Å². The van der Waals surface area contributed by atoms with E-state index in [4.69, 9.17) is 0 Å². The molecule has 0 bridgehead atoms. The van der Waals surface area contributed by atoms with E-state index in [1.165, 1.54) is 12.1 Å². The molecule has 1 aliphatic rings. The number of carbonyl (C=O) groups is 2. The van der Waals surface area contributed by atoms with Crippen molar-refractivity contribution >= 4 is 23.1 Å². The number of nitrogens with one attached hydrogen (secondary N) is 2. The largest absolute Gasteiger partial charge is 0.471 e. The molecule has 154 valence electrons. The molecule has 0 saturated carbocycles. The van der Waals surface area contributed by atoms with Crippen LogP contribution in [0.5, 0.6) is 0 Å². The molecule has 0 aromatic heterocycles. The van der Waals surface area contributed by atoms with Crippen molar-refractivity contribution in [2.45, 2.75) is 19.0 Å². The summed E-state index contributed by atoms with van der Waals surface area (Å²) in [4.78, 5) is 25.6. The Morgan fingerprint density at radius 2 is 1.59 bits per heavy atom. The molecule has 2 aromatic rings. The van der Waals surface area contributed by atoms with Crippen LogP contribution in [0, 0.1) is 0 Å². The maximum Gasteiger partial charge on any atom is 0.471 e. The number of hydrogen-bond donors (Lipinski definition) is 2. The highest BCUT2D eigenvalue weighted by atomic mass is 19.4. The van der Waals surface area contributed by atoms with Gasteiger partial charge in [-0.15, -0.1) is 0 Å². The van der Waals surface area contributed by atoms with Crippen molar-refractivity contribution in [2.24, 2.45) is 0 Å². The normalized spacial score (nSPS) is 14.5. The minimum Gasteiger partial charge on any atom is -0.369 e. The summed E-state index contributed by atoms with van der Waals surface area (Å²) >= 11 is 0. The van der Waals surface area contributed by atoms with Gasteiger partial charge in [0.1, 0.15) is 0 Å². The molecule has 29 heavy (non-hydrogen) atoms. The predicted octanol–water partition coefficient (Wildman–Crippen LogP) is 3.41. The Labute approximate surface area is 166 Å². The zero-order valence-electron chi connectivity index (χ0n) is 15.8. The Balaban J connectivity index is 1.51. The predicted molar refractivity (Wildman–Crippen MR) is 105 cm³/mol. The van der Waals surface area contributed by atoms with E-state index in [2.05, 4.69) is 10.2 Å². The van der Waals surface area contributed by atoms with Gasteiger partial charge in [-0.2, -0.15) is 13.2 Å². The van der Waals surface area contributed by atoms with Crippen LogP contribution in [0.3, 0.4) is 0 Å². The minimum atomic E-state index is -4.93. The standard InChI is InChI=1S/C21H22F3N3O2/c22-21(23,24)20(29)26-17-6-1-15(2-7-17)3-10-19(28)16-4-8-18(9-5-16)27-13-11-25-12-14-27/h1-2,4-9,25H,3,10-14H2,(H,26,29). The van der Waals surface area contributed by atoms with Gasteiger partial charge in [0, 0.05) is 49.5 Å². The van der Waals surface area contributed by atoms with Gasteiger partial charge in [-0.05, 0) is 48.4 Å². The van der Waals surface area contributed by atoms with Crippen molar-refractivity contribution in [3.63, 3.8) is 0 Å². The molecule has 0 spiro atoms. The molecule has 2 N–H and O–H groups in total. The van der Waals surface area contributed by atoms with Crippen LogP contribution in [0.15, 0.2) is 48.5 Å². The molecule has 1 fully saturated rings. The summed E-state index contributed by atoms with van der Waals surface area (Å²) in [7, 11) is 0. The average molecular weight is 405 g/mol. The van der Waals surface area contributed by atoms with E-state index in [1.54, 1.807) is 17.4 Å². The summed E-state index contributed by atoms with van der Waals surface area (Å²) in [6, 6.07) is 13.6. The summed E-state index contributed by atoms with van der Waals surface area (Å²) in [5.74, 6) is -2.00. The molecule has 1 heterocycles. The molecule has 1 aliphatic heterocycles. The molecule has 0 radical (unpaired) electrons. The lowest BCUT2D eigenvalue weighted by atomic mass is 10.0. The zero-order valence-corrected chi connectivity index (χ0v) is 15.8. The van der Waals surface area contributed by atoms with Crippen molar-refractivity contribution in [1.29, 1.82) is 0 Å². The van der Waals surface area contributed by atoms with E-state index in [0.29, 0.717) is 18.4 Å². The Hall–Kier alpha value is -2.87. The first-order valence-corrected chi connectivity index (χ1v) is 9.39. The summed E-state index contributed by atoms with van der Waals surface area (Å²) in [6.07, 6.45) is -4.17. The second-order valence-electron chi connectivity index (χ2n) is 6.86. The number of halogens is 3. The highest BCUT2D eigenvalue weighted by molar-refractivity contribution is 5.96. The highest BCUT2D eigenvalue weighted by Crippen LogP contribution is 2.20. The number of rotatable bonds is 6. The van der Waals surface area contributed by atoms with Crippen molar-refractivity contribution in [1.82, 2.24) is 5.32 Å². The van der Waals surface area contributed by atoms with E-state index in [0.717, 1.165) is 37.4 Å². The van der Waals surface area contributed by atoms with Gasteiger partial charge in [0.25, 0.3) is 0 Å². The first kappa shape index (κ1) is 20.9. The van der Waals surface area contributed by atoms with Gasteiger partial charge in [0.05, 0.1) is 0 Å². The number of alkyl halides is 3. The number of aryl methyl sites for hydroxylation is 1. The van der Waals surface area contributed by atoms with Crippen LogP contribution in [0.2, 0.25) is 0 Å². The van der Waals surface area contributed by atoms with E-state index in [1.807, 2.05) is 24.3 Å². The van der Waals surface area contributed by atoms with Gasteiger partial charge < -0.3 is 15.5 Å². The molecule has 1 saturated heterocycles. The van der Waals surface area contributed by atoms with E-state index in [-0.39, 0.29) is 11.5 Å². The van der Waals surface area contributed by atoms with Crippen LogP contribution >= 0.6 is 0 Å². The van der Waals surface area contributed by atoms with Gasteiger partial charge in [0.2, 0.25) is 0 Å². The van der Waals surface area contributed by atoms with Crippen molar-refractivity contribution in [3.05, 3.63) is 59.7 Å². The number of nitrogens with zero attached hydrogens (tertiary/aromatic N) is 1. The van der Waals surface area contributed by atoms with Crippen molar-refractivity contribution in [3.8, 4) is 0 Å². The number of Topliss-reactive ketones (excluding diaryl/α,β-unsaturated/α-hetero) is 1. The fourth-order valence-corrected chi connectivity index (χ4v) is 3.14. The van der Waals surface area contributed by atoms with Crippen LogP contribution in [0.4, 0.5) is 24.5 Å². The van der Waals surface area contributed by atoms with Gasteiger partial charge in [-0.1, -0.05) is 12.1 Å². The first-order chi connectivity index (χ1) is 13.8. The maximum atomic E-state index is 12.4. The van der Waals surface area contributed by atoms with Gasteiger partial charge >= 0.3 is 12.1 Å². The van der Waals surface area contributed by atoms with E-state index >= 15 is 0 Å². The Morgan fingerprint density at radius 3 is 2.17 bits per heavy atom. The lowest BCUT2D eigenvalue weighted by Gasteiger charge is -2.29. The number of piperazine rings is 1. The van der Waals surface area contributed by atoms with Crippen molar-refractivity contribution in [2.75, 3.05) is 36.4 Å². The topological polar surface area (TPSA) is 61.4 Å². The lowest BCUT2D eigenvalue weighted by Crippen LogP contribution is -2.43. The number of carbonyl (C=O) groups excluding carboxylic acids is 2. The molecule has 0 atom stereocenters. The first-order valence-electron chi connectivity index (χ1n) is 9.39. The van der Waals surface area contributed by atoms with Gasteiger partial charge in [-0.25, -0.2) is 0 Å². The SMILES string of the molecule is O=C(CCc1ccc(NC(=O)C(F)(F)F)cc1)c1ccc(N2CCNCC2)cc1. The van der Waals surface area contributed by atoms with Gasteiger partial charge in [0.15, 0.2) is 5.78 Å². The quantitative estimate of drug-likeness (QED) is 0.723. The molecule has 0 aliphatic carbocycles. The molecule has 8 heteroatoms. The smallest absolute Gasteiger partial charge is 0.369 e. The van der Waals surface area contributed by atoms with E-state index in [9.17, 15) is 22.8 Å². The zero-order chi connectivity index (χ0) is 20.9. The summed E-state index contributed by atoms with van der Waals surface area (Å²) in [5.41, 5.74) is 2.60. The van der Waals surface area contributed by atoms with Crippen LogP contribution in [-0.2, 0) is 11.2 Å². The minimum absolute atomic E-state index is 0.00584. The Kier molecular flexibility index (Phi) is 6.53. The fraction of sp³-hybridized carbons (Fsp3) is 0.333. The second-order valence-corrected chi connectivity index (χ2v) is 6.86. The van der Waals surface area contributed by atoms with Crippen molar-refractivity contribution < 1.29 is 22.8 Å². The Bertz CT molecular complexity index is 843. The fourth-order valence-electron chi connectivity index (χ4n) is 3.14. The third-order valence-corrected chi connectivity index (χ3v) is 4.78. The van der Waals surface area contributed by atoms with Crippen LogP contribution in [0.25, 0.3) is 0 Å². The summed E-state index contributed by atoms with van der Waals surface area (Å²) < 4.78 is 36.8. The molecule has 2 aromatic carbocycles. The Morgan fingerprint density at radius 1 is 0.966 bits per heavy atom. The number of anilines is 2. The van der Waals surface area contributed by atoms with Crippen LogP contribution in [0.1, 0.15) is 22.3 Å². The molecule has 3 rings (SSSR count). The number of hydrogen-bond acceptors (Lipinski definition) is 4. The second kappa shape index (κ2) is 9.09. The number of ketones is 1. The molecular formula is C21H22F3N3O2. The molecular weight excluding hydrogens is 383 g/mol. The summed E-state index contributed by atoms with van der Waals surface area (Å²) in [6.45, 7) is 3.76. The highest BCUT2D eigenvalue weighted by Gasteiger charge is 2.38. The molecule has 0 unspecified atom stereocenters. The molecule has 1 amide bonds. The summed E-state index contributed by atoms with van der Waals surface area (Å²) in [5, 5.41) is 5.09. The average Bonchev–Trinajstić information content (AvgIpc) is 2.73. The lowest BCUT2D eigenvalue weighted by molar-refractivity contribution is -0.167. The van der Waals surface area contributed by atoms with Crippen LogP contribution < -0.4 is 15.5 Å². The van der Waals surface area contributed by atoms with Crippen LogP contribution in [-0.4, -0.2) is 44.0 Å². The molecule has 5 nitrogen and oxygen atoms in total. The monoisotopic (exact) mass is 405 g/mol.